The van der Waals surface area contributed by atoms with E-state index >= 15 is 8.78 Å². The minimum absolute atomic E-state index is 0.00174. The molecule has 1 saturated heterocycles. The summed E-state index contributed by atoms with van der Waals surface area (Å²) >= 11 is 0. The van der Waals surface area contributed by atoms with Gasteiger partial charge in [-0.05, 0) is 54.7 Å². The number of hydrogen-bond acceptors (Lipinski definition) is 7. The van der Waals surface area contributed by atoms with Crippen LogP contribution in [0.2, 0.25) is 0 Å². The zero-order valence-corrected chi connectivity index (χ0v) is 23.5. The number of benzene rings is 1. The molecule has 4 aromatic rings. The summed E-state index contributed by atoms with van der Waals surface area (Å²) in [7, 11) is 0. The Balaban J connectivity index is 1.66. The third-order valence-corrected chi connectivity index (χ3v) is 7.86. The highest BCUT2D eigenvalue weighted by atomic mass is 19.1. The van der Waals surface area contributed by atoms with Crippen LogP contribution in [-0.2, 0) is 11.2 Å². The highest BCUT2D eigenvalue weighted by Gasteiger charge is 2.28. The van der Waals surface area contributed by atoms with Crippen molar-refractivity contribution in [2.75, 3.05) is 42.9 Å². The lowest BCUT2D eigenvalue weighted by Crippen LogP contribution is -2.49. The van der Waals surface area contributed by atoms with Crippen LogP contribution in [0.5, 0.6) is 0 Å². The number of fused-ring (bicyclic) bond motifs is 5. The molecule has 0 aliphatic carbocycles. The topological polar surface area (TPSA) is 96.3 Å². The Bertz CT molecular complexity index is 1780. The molecule has 216 valence electrons. The molecule has 9 nitrogen and oxygen atoms in total. The summed E-state index contributed by atoms with van der Waals surface area (Å²) in [6.45, 7) is 9.57. The fourth-order valence-corrected chi connectivity index (χ4v) is 5.80. The molecule has 0 unspecified atom stereocenters. The molecule has 1 N–H and O–H groups in total. The van der Waals surface area contributed by atoms with Gasteiger partial charge in [-0.15, -0.1) is 0 Å². The first-order chi connectivity index (χ1) is 20.3. The number of nitrogens with one attached hydrogen (secondary N) is 1. The predicted molar refractivity (Wildman–Crippen MR) is 158 cm³/mol. The molecular weight excluding hydrogens is 540 g/mol. The van der Waals surface area contributed by atoms with E-state index in [1.807, 2.05) is 24.8 Å². The van der Waals surface area contributed by atoms with Gasteiger partial charge in [0.05, 0.1) is 22.3 Å². The summed E-state index contributed by atoms with van der Waals surface area (Å²) < 4.78 is 32.8. The second-order valence-electron chi connectivity index (χ2n) is 10.8. The Labute approximate surface area is 241 Å². The Hall–Kier alpha value is -4.67. The molecule has 2 aliphatic rings. The molecule has 6 rings (SSSR count). The lowest BCUT2D eigenvalue weighted by atomic mass is 10.00. The van der Waals surface area contributed by atoms with E-state index in [2.05, 4.69) is 21.9 Å². The van der Waals surface area contributed by atoms with Crippen LogP contribution < -0.4 is 15.9 Å². The van der Waals surface area contributed by atoms with E-state index in [-0.39, 0.29) is 34.5 Å². The van der Waals surface area contributed by atoms with Crippen LogP contribution in [-0.4, -0.2) is 63.0 Å². The Morgan fingerprint density at radius 3 is 2.62 bits per heavy atom. The molecule has 3 aromatic heterocycles. The molecule has 5 heterocycles. The van der Waals surface area contributed by atoms with E-state index in [0.717, 1.165) is 5.56 Å². The van der Waals surface area contributed by atoms with Gasteiger partial charge in [0.15, 0.2) is 11.5 Å². The predicted octanol–water partition coefficient (Wildman–Crippen LogP) is 4.44. The average molecular weight is 572 g/mol. The van der Waals surface area contributed by atoms with Crippen molar-refractivity contribution >= 4 is 28.4 Å². The number of rotatable bonds is 3. The van der Waals surface area contributed by atoms with Crippen LogP contribution in [0.3, 0.4) is 0 Å². The van der Waals surface area contributed by atoms with Gasteiger partial charge in [-0.1, -0.05) is 26.5 Å². The van der Waals surface area contributed by atoms with Crippen LogP contribution in [0.4, 0.5) is 20.3 Å². The summed E-state index contributed by atoms with van der Waals surface area (Å²) in [5, 5.41) is 3.57. The summed E-state index contributed by atoms with van der Waals surface area (Å²) in [5.74, 6) is -1.32. The molecule has 42 heavy (non-hydrogen) atoms. The standard InChI is InChI=1S/C31H31F2N7O2/c1-4-24(41)38-13-15-39(16-14-38)29-20-17-22(33)27-25-21(32)8-5-9-23(25)34-11-6-7-19-10-12-35-26(18(2)3)28(19)40(30(20)36-27)31(42)37-29/h4-5,8-10,12,17-18,34H,1,6-7,11,13-16H2,2-3H3. The lowest BCUT2D eigenvalue weighted by Gasteiger charge is -2.35. The number of aryl methyl sites for hydroxylation is 1. The second kappa shape index (κ2) is 11.0. The molecule has 1 fully saturated rings. The first kappa shape index (κ1) is 27.5. The van der Waals surface area contributed by atoms with Crippen molar-refractivity contribution in [3.05, 3.63) is 82.6 Å². The quantitative estimate of drug-likeness (QED) is 0.364. The number of carbonyl (C=O) groups is 1. The maximum atomic E-state index is 16.0. The number of piperazine rings is 1. The zero-order chi connectivity index (χ0) is 29.5. The number of amides is 1. The van der Waals surface area contributed by atoms with E-state index in [4.69, 9.17) is 4.98 Å². The van der Waals surface area contributed by atoms with Crippen LogP contribution in [0.25, 0.3) is 28.0 Å². The van der Waals surface area contributed by atoms with Gasteiger partial charge in [0.25, 0.3) is 0 Å². The molecule has 2 bridgehead atoms. The van der Waals surface area contributed by atoms with E-state index in [1.54, 1.807) is 23.2 Å². The third kappa shape index (κ3) is 4.68. The number of carbonyl (C=O) groups excluding carboxylic acids is 1. The minimum Gasteiger partial charge on any atom is -0.384 e. The molecule has 0 spiro atoms. The van der Waals surface area contributed by atoms with Crippen molar-refractivity contribution in [3.63, 3.8) is 0 Å². The van der Waals surface area contributed by atoms with Gasteiger partial charge in [-0.2, -0.15) is 4.98 Å². The van der Waals surface area contributed by atoms with Crippen molar-refractivity contribution in [2.24, 2.45) is 0 Å². The van der Waals surface area contributed by atoms with Crippen LogP contribution in [0, 0.1) is 11.6 Å². The number of hydrogen-bond donors (Lipinski definition) is 1. The van der Waals surface area contributed by atoms with Crippen molar-refractivity contribution in [2.45, 2.75) is 32.6 Å². The number of anilines is 2. The van der Waals surface area contributed by atoms with Crippen LogP contribution in [0.1, 0.15) is 37.4 Å². The minimum atomic E-state index is -0.739. The normalized spacial score (nSPS) is 15.1. The Morgan fingerprint density at radius 2 is 1.88 bits per heavy atom. The van der Waals surface area contributed by atoms with Gasteiger partial charge < -0.3 is 15.1 Å². The van der Waals surface area contributed by atoms with Gasteiger partial charge in [0, 0.05) is 44.6 Å². The van der Waals surface area contributed by atoms with Crippen LogP contribution in [0.15, 0.2) is 54.0 Å². The van der Waals surface area contributed by atoms with Crippen molar-refractivity contribution in [1.82, 2.24) is 24.4 Å². The van der Waals surface area contributed by atoms with E-state index in [0.29, 0.717) is 68.0 Å². The highest BCUT2D eigenvalue weighted by Crippen LogP contribution is 2.36. The lowest BCUT2D eigenvalue weighted by molar-refractivity contribution is -0.126. The summed E-state index contributed by atoms with van der Waals surface area (Å²) in [6.07, 6.45) is 4.28. The molecule has 2 aliphatic heterocycles. The highest BCUT2D eigenvalue weighted by molar-refractivity contribution is 5.92. The van der Waals surface area contributed by atoms with E-state index in [1.165, 1.54) is 22.8 Å². The van der Waals surface area contributed by atoms with E-state index < -0.39 is 17.3 Å². The fraction of sp³-hybridized carbons (Fsp3) is 0.323. The van der Waals surface area contributed by atoms with Gasteiger partial charge >= 0.3 is 5.69 Å². The van der Waals surface area contributed by atoms with Crippen molar-refractivity contribution < 1.29 is 13.6 Å². The largest absolute Gasteiger partial charge is 0.384 e. The maximum absolute atomic E-state index is 16.0. The number of pyridine rings is 2. The van der Waals surface area contributed by atoms with Gasteiger partial charge in [0.1, 0.15) is 17.3 Å². The average Bonchev–Trinajstić information content (AvgIpc) is 2.98. The molecular formula is C31H31F2N7O2. The second-order valence-corrected chi connectivity index (χ2v) is 10.8. The van der Waals surface area contributed by atoms with E-state index in [9.17, 15) is 9.59 Å². The third-order valence-electron chi connectivity index (χ3n) is 7.86. The molecule has 0 radical (unpaired) electrons. The Morgan fingerprint density at radius 1 is 1.10 bits per heavy atom. The first-order valence-electron chi connectivity index (χ1n) is 14.1. The molecule has 0 atom stereocenters. The van der Waals surface area contributed by atoms with Gasteiger partial charge in [-0.25, -0.2) is 23.1 Å². The van der Waals surface area contributed by atoms with Gasteiger partial charge in [-0.3, -0.25) is 9.78 Å². The smallest absolute Gasteiger partial charge is 0.355 e. The number of aromatic nitrogens is 4. The molecule has 11 heteroatoms. The fourth-order valence-electron chi connectivity index (χ4n) is 5.80. The molecule has 0 saturated carbocycles. The van der Waals surface area contributed by atoms with Crippen molar-refractivity contribution in [1.29, 1.82) is 0 Å². The molecule has 1 amide bonds. The zero-order valence-electron chi connectivity index (χ0n) is 23.5. The summed E-state index contributed by atoms with van der Waals surface area (Å²) in [4.78, 5) is 43.5. The number of nitrogens with zero attached hydrogens (tertiary/aromatic N) is 6. The van der Waals surface area contributed by atoms with Crippen LogP contribution >= 0.6 is 0 Å². The summed E-state index contributed by atoms with van der Waals surface area (Å²) in [5.41, 5.74) is 1.94. The van der Waals surface area contributed by atoms with Gasteiger partial charge in [0.2, 0.25) is 5.91 Å². The first-order valence-corrected chi connectivity index (χ1v) is 14.1. The maximum Gasteiger partial charge on any atom is 0.355 e. The summed E-state index contributed by atoms with van der Waals surface area (Å²) in [6, 6.07) is 7.69. The van der Waals surface area contributed by atoms with Crippen molar-refractivity contribution in [3.8, 4) is 16.9 Å². The monoisotopic (exact) mass is 571 g/mol. The Kier molecular flexibility index (Phi) is 7.17. The SMILES string of the molecule is C=CC(=O)N1CCN(c2nc(=O)n3c4nc(c(F)cc24)-c2c(F)cccc2NCCCc2ccnc(C(C)C)c2-3)CC1. The number of halogens is 2. The molecule has 1 aromatic carbocycles.